The van der Waals surface area contributed by atoms with E-state index in [-0.39, 0.29) is 6.42 Å². The molecule has 0 bridgehead atoms. The van der Waals surface area contributed by atoms with Crippen LogP contribution in [0.4, 0.5) is 0 Å². The van der Waals surface area contributed by atoms with Gasteiger partial charge in [-0.05, 0) is 6.42 Å². The van der Waals surface area contributed by atoms with E-state index in [9.17, 15) is 13.2 Å². The van der Waals surface area contributed by atoms with Gasteiger partial charge in [-0.25, -0.2) is 0 Å². The van der Waals surface area contributed by atoms with Gasteiger partial charge in [-0.1, -0.05) is 45.4 Å². The molecule has 0 radical (unpaired) electrons. The molecule has 0 fully saturated rings. The van der Waals surface area contributed by atoms with Crippen molar-refractivity contribution >= 4 is 16.1 Å². The number of rotatable bonds is 11. The predicted molar refractivity (Wildman–Crippen MR) is 69.6 cm³/mol. The number of carbonyl (C=O) groups excluding carboxylic acids is 1. The molecule has 0 heterocycles. The Balaban J connectivity index is 3.54. The Labute approximate surface area is 110 Å². The van der Waals surface area contributed by atoms with Crippen molar-refractivity contribution in [2.24, 2.45) is 0 Å². The largest absolute Gasteiger partial charge is 0.395 e. The fourth-order valence-corrected chi connectivity index (χ4v) is 2.24. The molecule has 0 spiro atoms. The summed E-state index contributed by atoms with van der Waals surface area (Å²) in [7, 11) is -3.89. The molecule has 108 valence electrons. The number of hydrogen-bond donors (Lipinski definition) is 1. The second-order valence-electron chi connectivity index (χ2n) is 4.31. The fraction of sp³-hybridized carbons (Fsp3) is 0.917. The normalized spacial score (nSPS) is 11.4. The molecule has 18 heavy (non-hydrogen) atoms. The maximum atomic E-state index is 11.2. The van der Waals surface area contributed by atoms with Gasteiger partial charge in [0, 0.05) is 6.42 Å². The lowest BCUT2D eigenvalue weighted by molar-refractivity contribution is -0.133. The highest BCUT2D eigenvalue weighted by atomic mass is 32.2. The van der Waals surface area contributed by atoms with Crippen molar-refractivity contribution in [2.45, 2.75) is 58.3 Å². The van der Waals surface area contributed by atoms with Gasteiger partial charge in [0.1, 0.15) is 5.75 Å². The van der Waals surface area contributed by atoms with Crippen molar-refractivity contribution < 1.29 is 22.5 Å². The third kappa shape index (κ3) is 10.5. The van der Waals surface area contributed by atoms with Gasteiger partial charge in [-0.2, -0.15) is 8.42 Å². The molecule has 0 aliphatic rings. The second kappa shape index (κ2) is 10.3. The quantitative estimate of drug-likeness (QED) is 0.462. The van der Waals surface area contributed by atoms with Crippen molar-refractivity contribution in [3.63, 3.8) is 0 Å². The number of aliphatic hydroxyl groups is 1. The van der Waals surface area contributed by atoms with Crippen LogP contribution in [0.25, 0.3) is 0 Å². The van der Waals surface area contributed by atoms with Gasteiger partial charge >= 0.3 is 16.1 Å². The SMILES string of the molecule is CCCCCCCCCC(=O)OS(=O)(=O)CCO. The summed E-state index contributed by atoms with van der Waals surface area (Å²) in [5.74, 6) is -1.26. The minimum absolute atomic E-state index is 0.123. The second-order valence-corrected chi connectivity index (χ2v) is 6.00. The summed E-state index contributed by atoms with van der Waals surface area (Å²) in [5.41, 5.74) is 0. The lowest BCUT2D eigenvalue weighted by Crippen LogP contribution is -2.17. The van der Waals surface area contributed by atoms with Crippen LogP contribution < -0.4 is 0 Å². The maximum absolute atomic E-state index is 11.2. The minimum atomic E-state index is -3.89. The lowest BCUT2D eigenvalue weighted by atomic mass is 10.1. The van der Waals surface area contributed by atoms with E-state index >= 15 is 0 Å². The van der Waals surface area contributed by atoms with Crippen LogP contribution in [0.15, 0.2) is 0 Å². The molecule has 1 N–H and O–H groups in total. The summed E-state index contributed by atoms with van der Waals surface area (Å²) in [6.45, 7) is 1.62. The Bertz CT molecular complexity index is 310. The molecule has 0 atom stereocenters. The van der Waals surface area contributed by atoms with Gasteiger partial charge in [-0.15, -0.1) is 0 Å². The monoisotopic (exact) mass is 280 g/mol. The third-order valence-electron chi connectivity index (χ3n) is 2.55. The van der Waals surface area contributed by atoms with Crippen LogP contribution in [0.5, 0.6) is 0 Å². The highest BCUT2D eigenvalue weighted by molar-refractivity contribution is 7.87. The van der Waals surface area contributed by atoms with E-state index in [1.165, 1.54) is 19.3 Å². The molecule has 0 aromatic rings. The summed E-state index contributed by atoms with van der Waals surface area (Å²) >= 11 is 0. The first-order valence-electron chi connectivity index (χ1n) is 6.57. The van der Waals surface area contributed by atoms with Gasteiger partial charge in [0.25, 0.3) is 0 Å². The molecule has 6 heteroatoms. The van der Waals surface area contributed by atoms with E-state index < -0.39 is 28.4 Å². The van der Waals surface area contributed by atoms with Crippen molar-refractivity contribution in [1.29, 1.82) is 0 Å². The van der Waals surface area contributed by atoms with E-state index in [2.05, 4.69) is 11.1 Å². The van der Waals surface area contributed by atoms with Gasteiger partial charge < -0.3 is 9.29 Å². The van der Waals surface area contributed by atoms with E-state index in [4.69, 9.17) is 5.11 Å². The summed E-state index contributed by atoms with van der Waals surface area (Å²) in [5, 5.41) is 8.46. The van der Waals surface area contributed by atoms with E-state index in [1.54, 1.807) is 0 Å². The number of aliphatic hydroxyl groups excluding tert-OH is 1. The smallest absolute Gasteiger partial charge is 0.322 e. The molecule has 0 amide bonds. The zero-order valence-electron chi connectivity index (χ0n) is 11.1. The van der Waals surface area contributed by atoms with Gasteiger partial charge in [0.15, 0.2) is 0 Å². The predicted octanol–water partition coefficient (Wildman–Crippen LogP) is 1.99. The standard InChI is InChI=1S/C12H24O5S/c1-2-3-4-5-6-7-8-9-12(14)17-18(15,16)11-10-13/h13H,2-11H2,1H3. The summed E-state index contributed by atoms with van der Waals surface area (Å²) in [4.78, 5) is 11.2. The molecule has 0 aromatic carbocycles. The molecule has 0 saturated carbocycles. The van der Waals surface area contributed by atoms with Crippen LogP contribution in [0, 0.1) is 0 Å². The van der Waals surface area contributed by atoms with Crippen LogP contribution in [-0.4, -0.2) is 31.9 Å². The van der Waals surface area contributed by atoms with Crippen molar-refractivity contribution in [3.8, 4) is 0 Å². The Morgan fingerprint density at radius 3 is 2.17 bits per heavy atom. The first-order valence-corrected chi connectivity index (χ1v) is 8.15. The van der Waals surface area contributed by atoms with E-state index in [1.807, 2.05) is 0 Å². The Hall–Kier alpha value is -0.620. The number of unbranched alkanes of at least 4 members (excludes halogenated alkanes) is 6. The van der Waals surface area contributed by atoms with Gasteiger partial charge in [-0.3, -0.25) is 4.79 Å². The van der Waals surface area contributed by atoms with E-state index in [0.717, 1.165) is 19.3 Å². The van der Waals surface area contributed by atoms with Crippen LogP contribution in [0.2, 0.25) is 0 Å². The third-order valence-corrected chi connectivity index (χ3v) is 3.67. The van der Waals surface area contributed by atoms with Crippen LogP contribution in [-0.2, 0) is 19.1 Å². The highest BCUT2D eigenvalue weighted by Crippen LogP contribution is 2.09. The van der Waals surface area contributed by atoms with E-state index in [0.29, 0.717) is 6.42 Å². The molecule has 5 nitrogen and oxygen atoms in total. The average Bonchev–Trinajstić information content (AvgIpc) is 2.27. The average molecular weight is 280 g/mol. The Kier molecular flexibility index (Phi) is 9.96. The molecule has 0 aliphatic carbocycles. The molecule has 0 aromatic heterocycles. The summed E-state index contributed by atoms with van der Waals surface area (Å²) in [6.07, 6.45) is 7.57. The molecule has 0 saturated heterocycles. The molecular weight excluding hydrogens is 256 g/mol. The Morgan fingerprint density at radius 2 is 1.61 bits per heavy atom. The number of hydrogen-bond acceptors (Lipinski definition) is 5. The van der Waals surface area contributed by atoms with Gasteiger partial charge in [0.05, 0.1) is 6.61 Å². The molecule has 0 aliphatic heterocycles. The first kappa shape index (κ1) is 17.4. The minimum Gasteiger partial charge on any atom is -0.395 e. The van der Waals surface area contributed by atoms with Crippen LogP contribution in [0.3, 0.4) is 0 Å². The number of carbonyl (C=O) groups is 1. The van der Waals surface area contributed by atoms with Crippen LogP contribution in [0.1, 0.15) is 58.3 Å². The topological polar surface area (TPSA) is 80.7 Å². The molecule has 0 unspecified atom stereocenters. The molecular formula is C12H24O5S. The summed E-state index contributed by atoms with van der Waals surface area (Å²) < 4.78 is 26.4. The van der Waals surface area contributed by atoms with Crippen LogP contribution >= 0.6 is 0 Å². The lowest BCUT2D eigenvalue weighted by Gasteiger charge is -2.04. The highest BCUT2D eigenvalue weighted by Gasteiger charge is 2.15. The van der Waals surface area contributed by atoms with Gasteiger partial charge in [0.2, 0.25) is 0 Å². The Morgan fingerprint density at radius 1 is 1.06 bits per heavy atom. The fourth-order valence-electron chi connectivity index (χ4n) is 1.56. The van der Waals surface area contributed by atoms with Crippen molar-refractivity contribution in [1.82, 2.24) is 0 Å². The maximum Gasteiger partial charge on any atom is 0.322 e. The first-order chi connectivity index (χ1) is 8.52. The van der Waals surface area contributed by atoms with Crippen molar-refractivity contribution in [2.75, 3.05) is 12.4 Å². The van der Waals surface area contributed by atoms with Crippen molar-refractivity contribution in [3.05, 3.63) is 0 Å². The zero-order valence-corrected chi connectivity index (χ0v) is 11.9. The zero-order chi connectivity index (χ0) is 13.9. The molecule has 0 rings (SSSR count). The summed E-state index contributed by atoms with van der Waals surface area (Å²) in [6, 6.07) is 0.